The van der Waals surface area contributed by atoms with Crippen LogP contribution in [-0.2, 0) is 0 Å². The molecule has 1 heteroatoms. The monoisotopic (exact) mass is 160 g/mol. The third-order valence-electron chi connectivity index (χ3n) is 1.98. The van der Waals surface area contributed by atoms with Crippen molar-refractivity contribution in [2.24, 2.45) is 5.92 Å². The Bertz CT molecular complexity index is 69.1. The summed E-state index contributed by atoms with van der Waals surface area (Å²) in [7, 11) is 2.88. The molecule has 10 heavy (non-hydrogen) atoms. The highest BCUT2D eigenvalue weighted by Crippen LogP contribution is 2.20. The Morgan fingerprint density at radius 2 is 1.90 bits per heavy atom. The summed E-state index contributed by atoms with van der Waals surface area (Å²) in [6.45, 7) is 6.85. The molecule has 0 amide bonds. The minimum Gasteiger partial charge on any atom is -0.135 e. The van der Waals surface area contributed by atoms with E-state index in [1.165, 1.54) is 25.7 Å². The topological polar surface area (TPSA) is 0 Å². The van der Waals surface area contributed by atoms with Crippen LogP contribution in [-0.4, -0.2) is 5.66 Å². The molecule has 0 fully saturated rings. The molecule has 0 saturated carbocycles. The second kappa shape index (κ2) is 6.16. The Labute approximate surface area is 68.0 Å². The molecule has 3 atom stereocenters. The standard InChI is InChI=1S/C9H21P/c1-4-6-9(5-2)7-8(3)10/h8-9H,4-7,10H2,1-3H3. The maximum Gasteiger partial charge on any atom is -0.0290 e. The lowest BCUT2D eigenvalue weighted by Crippen LogP contribution is -2.03. The molecule has 0 radical (unpaired) electrons. The van der Waals surface area contributed by atoms with Crippen LogP contribution >= 0.6 is 9.24 Å². The van der Waals surface area contributed by atoms with Gasteiger partial charge in [0.1, 0.15) is 0 Å². The van der Waals surface area contributed by atoms with E-state index < -0.39 is 0 Å². The third-order valence-corrected chi connectivity index (χ3v) is 2.25. The SMILES string of the molecule is CCCC(CC)CC(C)P. The first kappa shape index (κ1) is 10.4. The van der Waals surface area contributed by atoms with E-state index in [1.807, 2.05) is 0 Å². The summed E-state index contributed by atoms with van der Waals surface area (Å²) in [5.74, 6) is 0.970. The van der Waals surface area contributed by atoms with Crippen molar-refractivity contribution in [3.63, 3.8) is 0 Å². The van der Waals surface area contributed by atoms with E-state index >= 15 is 0 Å². The van der Waals surface area contributed by atoms with Gasteiger partial charge in [-0.1, -0.05) is 40.0 Å². The minimum atomic E-state index is 0.802. The van der Waals surface area contributed by atoms with Crippen LogP contribution in [0.3, 0.4) is 0 Å². The minimum absolute atomic E-state index is 0.802. The molecular formula is C9H21P. The highest BCUT2D eigenvalue weighted by Gasteiger charge is 2.06. The molecule has 0 aromatic carbocycles. The van der Waals surface area contributed by atoms with E-state index in [2.05, 4.69) is 30.0 Å². The number of hydrogen-bond donors (Lipinski definition) is 0. The Kier molecular flexibility index (Phi) is 6.43. The third kappa shape index (κ3) is 5.23. The molecule has 0 aliphatic heterocycles. The Hall–Kier alpha value is 0.430. The largest absolute Gasteiger partial charge is 0.135 e. The van der Waals surface area contributed by atoms with Crippen LogP contribution in [0.15, 0.2) is 0 Å². The van der Waals surface area contributed by atoms with Crippen LogP contribution in [0.4, 0.5) is 0 Å². The van der Waals surface area contributed by atoms with E-state index in [1.54, 1.807) is 0 Å². The molecule has 0 bridgehead atoms. The van der Waals surface area contributed by atoms with Gasteiger partial charge in [0.05, 0.1) is 0 Å². The van der Waals surface area contributed by atoms with Crippen LogP contribution in [0, 0.1) is 5.92 Å². The lowest BCUT2D eigenvalue weighted by molar-refractivity contribution is 0.432. The molecule has 0 saturated heterocycles. The van der Waals surface area contributed by atoms with Gasteiger partial charge >= 0.3 is 0 Å². The predicted octanol–water partition coefficient (Wildman–Crippen LogP) is 3.47. The highest BCUT2D eigenvalue weighted by atomic mass is 31.0. The summed E-state index contributed by atoms with van der Waals surface area (Å²) in [6, 6.07) is 0. The highest BCUT2D eigenvalue weighted by molar-refractivity contribution is 7.17. The van der Waals surface area contributed by atoms with E-state index in [-0.39, 0.29) is 0 Å². The van der Waals surface area contributed by atoms with Crippen LogP contribution in [0.25, 0.3) is 0 Å². The van der Waals surface area contributed by atoms with Gasteiger partial charge in [-0.3, -0.25) is 0 Å². The van der Waals surface area contributed by atoms with Gasteiger partial charge in [0.25, 0.3) is 0 Å². The molecule has 0 heterocycles. The lowest BCUT2D eigenvalue weighted by atomic mass is 9.96. The van der Waals surface area contributed by atoms with E-state index in [9.17, 15) is 0 Å². The van der Waals surface area contributed by atoms with E-state index in [4.69, 9.17) is 0 Å². The Balaban J connectivity index is 3.39. The molecule has 0 aliphatic carbocycles. The normalized spacial score (nSPS) is 16.8. The van der Waals surface area contributed by atoms with Crippen molar-refractivity contribution in [3.8, 4) is 0 Å². The average Bonchev–Trinajstić information content (AvgIpc) is 1.86. The van der Waals surface area contributed by atoms with Gasteiger partial charge in [0, 0.05) is 0 Å². The molecule has 0 aliphatic rings. The predicted molar refractivity (Wildman–Crippen MR) is 52.5 cm³/mol. The summed E-state index contributed by atoms with van der Waals surface area (Å²) in [5.41, 5.74) is 0.802. The van der Waals surface area contributed by atoms with Gasteiger partial charge in [-0.05, 0) is 18.0 Å². The van der Waals surface area contributed by atoms with Gasteiger partial charge in [0.15, 0.2) is 0 Å². The second-order valence-corrected chi connectivity index (χ2v) is 4.41. The van der Waals surface area contributed by atoms with Crippen LogP contribution in [0.2, 0.25) is 0 Å². The van der Waals surface area contributed by atoms with Crippen molar-refractivity contribution >= 4 is 9.24 Å². The zero-order valence-electron chi connectivity index (χ0n) is 7.56. The van der Waals surface area contributed by atoms with Gasteiger partial charge in [-0.2, -0.15) is 0 Å². The molecule has 0 spiro atoms. The van der Waals surface area contributed by atoms with Gasteiger partial charge in [-0.15, -0.1) is 9.24 Å². The zero-order chi connectivity index (χ0) is 7.98. The Morgan fingerprint density at radius 3 is 2.20 bits per heavy atom. The summed E-state index contributed by atoms with van der Waals surface area (Å²) in [4.78, 5) is 0. The number of hydrogen-bond acceptors (Lipinski definition) is 0. The Morgan fingerprint density at radius 1 is 1.30 bits per heavy atom. The smallest absolute Gasteiger partial charge is 0.0290 e. The molecule has 0 rings (SSSR count). The first-order valence-electron chi connectivity index (χ1n) is 4.46. The summed E-state index contributed by atoms with van der Waals surface area (Å²) in [6.07, 6.45) is 5.49. The van der Waals surface area contributed by atoms with E-state index in [0.717, 1.165) is 11.6 Å². The fourth-order valence-electron chi connectivity index (χ4n) is 1.42. The molecular weight excluding hydrogens is 139 g/mol. The van der Waals surface area contributed by atoms with E-state index in [0.29, 0.717) is 0 Å². The maximum absolute atomic E-state index is 2.88. The van der Waals surface area contributed by atoms with Gasteiger partial charge in [0.2, 0.25) is 0 Å². The van der Waals surface area contributed by atoms with Crippen molar-refractivity contribution in [2.45, 2.75) is 52.1 Å². The first-order chi connectivity index (χ1) is 4.70. The first-order valence-corrected chi connectivity index (χ1v) is 5.12. The molecule has 62 valence electrons. The molecule has 0 aromatic rings. The van der Waals surface area contributed by atoms with Gasteiger partial charge in [-0.25, -0.2) is 0 Å². The van der Waals surface area contributed by atoms with Crippen molar-refractivity contribution in [2.75, 3.05) is 0 Å². The zero-order valence-corrected chi connectivity index (χ0v) is 8.72. The quantitative estimate of drug-likeness (QED) is 0.540. The second-order valence-electron chi connectivity index (χ2n) is 3.28. The van der Waals surface area contributed by atoms with Crippen LogP contribution in [0.5, 0.6) is 0 Å². The molecule has 3 unspecified atom stereocenters. The summed E-state index contributed by atoms with van der Waals surface area (Å²) < 4.78 is 0. The van der Waals surface area contributed by atoms with Crippen molar-refractivity contribution in [1.82, 2.24) is 0 Å². The summed E-state index contributed by atoms with van der Waals surface area (Å²) >= 11 is 0. The van der Waals surface area contributed by atoms with Crippen molar-refractivity contribution < 1.29 is 0 Å². The van der Waals surface area contributed by atoms with Crippen molar-refractivity contribution in [1.29, 1.82) is 0 Å². The van der Waals surface area contributed by atoms with Crippen LogP contribution in [0.1, 0.15) is 46.5 Å². The van der Waals surface area contributed by atoms with Gasteiger partial charge < -0.3 is 0 Å². The number of rotatable bonds is 5. The fourth-order valence-corrected chi connectivity index (χ4v) is 1.81. The lowest BCUT2D eigenvalue weighted by Gasteiger charge is -2.15. The molecule has 0 nitrogen and oxygen atoms in total. The molecule has 0 N–H and O–H groups in total. The summed E-state index contributed by atoms with van der Waals surface area (Å²) in [5, 5.41) is 0. The van der Waals surface area contributed by atoms with Crippen molar-refractivity contribution in [3.05, 3.63) is 0 Å². The fraction of sp³-hybridized carbons (Fsp3) is 1.00. The average molecular weight is 160 g/mol. The molecule has 0 aromatic heterocycles. The maximum atomic E-state index is 2.88. The van der Waals surface area contributed by atoms with Crippen LogP contribution < -0.4 is 0 Å².